The van der Waals surface area contributed by atoms with E-state index in [4.69, 9.17) is 4.74 Å². The highest BCUT2D eigenvalue weighted by Crippen LogP contribution is 2.41. The van der Waals surface area contributed by atoms with Crippen molar-refractivity contribution >= 4 is 21.5 Å². The van der Waals surface area contributed by atoms with Crippen molar-refractivity contribution in [2.75, 3.05) is 12.4 Å². The number of benzene rings is 2. The Kier molecular flexibility index (Phi) is 4.94. The van der Waals surface area contributed by atoms with Crippen molar-refractivity contribution in [3.8, 4) is 11.5 Å². The molecule has 0 saturated carbocycles. The molecule has 29 heavy (non-hydrogen) atoms. The molecule has 2 aromatic carbocycles. The Morgan fingerprint density at radius 1 is 0.966 bits per heavy atom. The highest BCUT2D eigenvalue weighted by atomic mass is 32.2. The summed E-state index contributed by atoms with van der Waals surface area (Å²) in [7, 11) is -2.34. The molecule has 0 bridgehead atoms. The van der Waals surface area contributed by atoms with Crippen molar-refractivity contribution in [3.05, 3.63) is 47.0 Å². The molecule has 0 saturated heterocycles. The van der Waals surface area contributed by atoms with E-state index < -0.39 is 10.0 Å². The number of aromatic hydroxyl groups is 1. The van der Waals surface area contributed by atoms with Gasteiger partial charge < -0.3 is 15.2 Å². The third-order valence-corrected chi connectivity index (χ3v) is 6.26. The fourth-order valence-electron chi connectivity index (χ4n) is 3.32. The first-order valence-corrected chi connectivity index (χ1v) is 10.9. The number of anilines is 1. The average Bonchev–Trinajstić information content (AvgIpc) is 2.58. The quantitative estimate of drug-likeness (QED) is 0.749. The minimum absolute atomic E-state index is 0.105. The van der Waals surface area contributed by atoms with Gasteiger partial charge in [-0.2, -0.15) is 8.42 Å². The fourth-order valence-corrected chi connectivity index (χ4v) is 4.44. The number of phenolic OH excluding ortho intramolecular Hbond substituents is 1. The maximum Gasteiger partial charge on any atom is 0.286 e. The molecule has 3 rings (SSSR count). The van der Waals surface area contributed by atoms with Crippen LogP contribution in [-0.2, 0) is 20.9 Å². The lowest BCUT2D eigenvalue weighted by molar-refractivity contribution is 0.414. The molecule has 0 radical (unpaired) electrons. The molecule has 0 aromatic heterocycles. The van der Waals surface area contributed by atoms with Crippen LogP contribution < -0.4 is 10.1 Å². The van der Waals surface area contributed by atoms with E-state index in [1.54, 1.807) is 24.3 Å². The minimum Gasteiger partial charge on any atom is -0.507 e. The molecule has 1 aliphatic heterocycles. The first kappa shape index (κ1) is 21.2. The summed E-state index contributed by atoms with van der Waals surface area (Å²) in [5, 5.41) is 14.0. The van der Waals surface area contributed by atoms with Gasteiger partial charge in [0.25, 0.3) is 10.0 Å². The summed E-state index contributed by atoms with van der Waals surface area (Å²) in [6.45, 7) is 12.0. The number of fused-ring (bicyclic) bond motifs is 1. The van der Waals surface area contributed by atoms with Gasteiger partial charge in [0.15, 0.2) is 5.84 Å². The number of hydrogen-bond acceptors (Lipinski definition) is 5. The number of rotatable bonds is 2. The summed E-state index contributed by atoms with van der Waals surface area (Å²) in [5.74, 6) is 1.00. The molecule has 6 nitrogen and oxygen atoms in total. The number of methoxy groups -OCH3 is 1. The van der Waals surface area contributed by atoms with Crippen LogP contribution in [0.25, 0.3) is 0 Å². The van der Waals surface area contributed by atoms with Crippen LogP contribution in [0.1, 0.15) is 58.2 Å². The van der Waals surface area contributed by atoms with E-state index in [1.807, 2.05) is 41.5 Å². The average molecular weight is 417 g/mol. The van der Waals surface area contributed by atoms with E-state index in [2.05, 4.69) is 9.71 Å². The Hall–Kier alpha value is -2.54. The topological polar surface area (TPSA) is 88.0 Å². The molecule has 1 heterocycles. The lowest BCUT2D eigenvalue weighted by Gasteiger charge is -2.29. The van der Waals surface area contributed by atoms with Gasteiger partial charge in [-0.15, -0.1) is 4.40 Å². The zero-order valence-corrected chi connectivity index (χ0v) is 18.7. The van der Waals surface area contributed by atoms with Crippen molar-refractivity contribution in [2.24, 2.45) is 4.40 Å². The summed E-state index contributed by atoms with van der Waals surface area (Å²) >= 11 is 0. The van der Waals surface area contributed by atoms with Crippen LogP contribution in [0.5, 0.6) is 11.5 Å². The molecule has 2 N–H and O–H groups in total. The number of nitrogens with one attached hydrogen (secondary N) is 1. The molecule has 0 atom stereocenters. The Morgan fingerprint density at radius 3 is 2.00 bits per heavy atom. The first-order valence-electron chi connectivity index (χ1n) is 9.42. The van der Waals surface area contributed by atoms with Gasteiger partial charge in [0.05, 0.1) is 12.8 Å². The third kappa shape index (κ3) is 3.96. The Morgan fingerprint density at radius 2 is 1.52 bits per heavy atom. The monoisotopic (exact) mass is 416 g/mol. The van der Waals surface area contributed by atoms with E-state index in [0.29, 0.717) is 17.0 Å². The molecular weight excluding hydrogens is 388 g/mol. The molecule has 2 aromatic rings. The largest absolute Gasteiger partial charge is 0.507 e. The molecular formula is C22H28N2O4S. The Labute approximate surface area is 172 Å². The number of ether oxygens (including phenoxy) is 1. The smallest absolute Gasteiger partial charge is 0.286 e. The van der Waals surface area contributed by atoms with Crippen LogP contribution in [0, 0.1) is 0 Å². The zero-order valence-electron chi connectivity index (χ0n) is 17.9. The van der Waals surface area contributed by atoms with Crippen molar-refractivity contribution in [1.29, 1.82) is 0 Å². The predicted octanol–water partition coefficient (Wildman–Crippen LogP) is 4.56. The Balaban J connectivity index is 2.24. The number of hydrogen-bond donors (Lipinski definition) is 2. The zero-order chi connectivity index (χ0) is 21.8. The molecule has 0 unspecified atom stereocenters. The van der Waals surface area contributed by atoms with E-state index in [1.165, 1.54) is 13.2 Å². The molecule has 0 amide bonds. The van der Waals surface area contributed by atoms with Gasteiger partial charge in [-0.25, -0.2) is 0 Å². The summed E-state index contributed by atoms with van der Waals surface area (Å²) < 4.78 is 34.8. The van der Waals surface area contributed by atoms with Crippen LogP contribution in [-0.4, -0.2) is 26.5 Å². The van der Waals surface area contributed by atoms with Gasteiger partial charge in [0.2, 0.25) is 0 Å². The fraction of sp³-hybridized carbons (Fsp3) is 0.409. The second-order valence-electron chi connectivity index (χ2n) is 9.32. The van der Waals surface area contributed by atoms with Gasteiger partial charge in [0.1, 0.15) is 16.4 Å². The van der Waals surface area contributed by atoms with Gasteiger partial charge in [-0.1, -0.05) is 41.5 Å². The van der Waals surface area contributed by atoms with Crippen molar-refractivity contribution in [1.82, 2.24) is 0 Å². The highest BCUT2D eigenvalue weighted by Gasteiger charge is 2.30. The highest BCUT2D eigenvalue weighted by molar-refractivity contribution is 7.90. The maximum atomic E-state index is 12.8. The SMILES string of the molecule is COc1ccc2c(c1)NC(c1cc(C(C)(C)C)c(O)c(C(C)(C)C)c1)=NS2(=O)=O. The number of amidine groups is 1. The van der Waals surface area contributed by atoms with Crippen molar-refractivity contribution < 1.29 is 18.3 Å². The lowest BCUT2D eigenvalue weighted by atomic mass is 9.78. The molecule has 0 fully saturated rings. The van der Waals surface area contributed by atoms with E-state index in [-0.39, 0.29) is 27.3 Å². The van der Waals surface area contributed by atoms with E-state index in [9.17, 15) is 13.5 Å². The van der Waals surface area contributed by atoms with E-state index >= 15 is 0 Å². The maximum absolute atomic E-state index is 12.8. The Bertz CT molecular complexity index is 1070. The normalized spacial score (nSPS) is 15.9. The van der Waals surface area contributed by atoms with Crippen molar-refractivity contribution in [3.63, 3.8) is 0 Å². The second-order valence-corrected chi connectivity index (χ2v) is 10.9. The first-order chi connectivity index (χ1) is 13.2. The predicted molar refractivity (Wildman–Crippen MR) is 116 cm³/mol. The van der Waals surface area contributed by atoms with Crippen molar-refractivity contribution in [2.45, 2.75) is 57.3 Å². The molecule has 7 heteroatoms. The summed E-state index contributed by atoms with van der Waals surface area (Å²) in [6, 6.07) is 8.31. The van der Waals surface area contributed by atoms with Gasteiger partial charge >= 0.3 is 0 Å². The van der Waals surface area contributed by atoms with Crippen LogP contribution in [0.3, 0.4) is 0 Å². The summed E-state index contributed by atoms with van der Waals surface area (Å²) in [4.78, 5) is 0.105. The van der Waals surface area contributed by atoms with Crippen LogP contribution in [0.2, 0.25) is 0 Å². The third-order valence-electron chi connectivity index (χ3n) is 4.93. The number of nitrogens with zero attached hydrogens (tertiary/aromatic N) is 1. The standard InChI is InChI=1S/C22H28N2O4S/c1-21(2,3)15-10-13(11-16(19(15)25)22(4,5)6)20-23-17-12-14(28-7)8-9-18(17)29(26,27)24-20/h8-12,25H,1-7H3,(H,23,24). The molecule has 1 aliphatic rings. The van der Waals surface area contributed by atoms with Crippen LogP contribution >= 0.6 is 0 Å². The summed E-state index contributed by atoms with van der Waals surface area (Å²) in [6.07, 6.45) is 0. The molecule has 0 aliphatic carbocycles. The number of phenols is 1. The van der Waals surface area contributed by atoms with Gasteiger partial charge in [-0.3, -0.25) is 0 Å². The van der Waals surface area contributed by atoms with E-state index in [0.717, 1.165) is 11.1 Å². The summed E-state index contributed by atoms with van der Waals surface area (Å²) in [5.41, 5.74) is 1.81. The second kappa shape index (κ2) is 6.76. The van der Waals surface area contributed by atoms with Gasteiger partial charge in [0, 0.05) is 22.8 Å². The molecule has 156 valence electrons. The van der Waals surface area contributed by atoms with Crippen LogP contribution in [0.4, 0.5) is 5.69 Å². The van der Waals surface area contributed by atoms with Crippen LogP contribution in [0.15, 0.2) is 39.6 Å². The number of sulfonamides is 1. The lowest BCUT2D eigenvalue weighted by Crippen LogP contribution is -2.25. The van der Waals surface area contributed by atoms with Gasteiger partial charge in [-0.05, 0) is 35.1 Å². The molecule has 0 spiro atoms. The minimum atomic E-state index is -3.86.